The monoisotopic (exact) mass is 280 g/mol. The summed E-state index contributed by atoms with van der Waals surface area (Å²) in [4.78, 5) is 11.3. The van der Waals surface area contributed by atoms with Gasteiger partial charge in [-0.3, -0.25) is 4.79 Å². The van der Waals surface area contributed by atoms with Gasteiger partial charge in [0, 0.05) is 16.7 Å². The van der Waals surface area contributed by atoms with Crippen molar-refractivity contribution in [3.63, 3.8) is 0 Å². The van der Waals surface area contributed by atoms with Gasteiger partial charge in [-0.05, 0) is 18.2 Å². The van der Waals surface area contributed by atoms with Gasteiger partial charge in [-0.15, -0.1) is 0 Å². The van der Waals surface area contributed by atoms with Gasteiger partial charge in [-0.1, -0.05) is 15.9 Å². The number of primary amides is 1. The van der Waals surface area contributed by atoms with E-state index >= 15 is 0 Å². The molecule has 0 bridgehead atoms. The maximum Gasteiger partial charge on any atom is 0.250 e. The number of anilines is 1. The van der Waals surface area contributed by atoms with E-state index < -0.39 is 5.91 Å². The standard InChI is InChI=1S/C10H9BrN4O/c11-6-1-2-8(7(5-6)10(13)16)15-4-3-9(12)14-15/h1-5H,(H2,12,14)(H2,13,16). The molecule has 16 heavy (non-hydrogen) atoms. The maximum atomic E-state index is 11.3. The molecule has 0 unspecified atom stereocenters. The minimum Gasteiger partial charge on any atom is -0.382 e. The number of carbonyl (C=O) groups is 1. The zero-order valence-corrected chi connectivity index (χ0v) is 9.81. The summed E-state index contributed by atoms with van der Waals surface area (Å²) in [6, 6.07) is 6.85. The van der Waals surface area contributed by atoms with Gasteiger partial charge in [-0.2, -0.15) is 5.10 Å². The molecule has 0 radical (unpaired) electrons. The molecule has 1 amide bonds. The van der Waals surface area contributed by atoms with E-state index in [1.807, 2.05) is 0 Å². The van der Waals surface area contributed by atoms with Crippen LogP contribution in [0.25, 0.3) is 5.69 Å². The van der Waals surface area contributed by atoms with Crippen LogP contribution >= 0.6 is 15.9 Å². The third-order valence-corrected chi connectivity index (χ3v) is 2.57. The van der Waals surface area contributed by atoms with Crippen LogP contribution in [-0.2, 0) is 0 Å². The Morgan fingerprint density at radius 1 is 1.38 bits per heavy atom. The van der Waals surface area contributed by atoms with E-state index in [1.165, 1.54) is 4.68 Å². The Hall–Kier alpha value is -1.82. The molecule has 6 heteroatoms. The molecule has 1 aromatic heterocycles. The van der Waals surface area contributed by atoms with E-state index in [4.69, 9.17) is 11.5 Å². The highest BCUT2D eigenvalue weighted by atomic mass is 79.9. The molecule has 0 aliphatic carbocycles. The molecule has 0 spiro atoms. The smallest absolute Gasteiger partial charge is 0.250 e. The molecule has 2 rings (SSSR count). The summed E-state index contributed by atoms with van der Waals surface area (Å²) >= 11 is 3.28. The summed E-state index contributed by atoms with van der Waals surface area (Å²) in [7, 11) is 0. The molecule has 2 aromatic rings. The van der Waals surface area contributed by atoms with Gasteiger partial charge in [0.15, 0.2) is 0 Å². The minimum absolute atomic E-state index is 0.387. The van der Waals surface area contributed by atoms with Crippen molar-refractivity contribution < 1.29 is 4.79 Å². The average Bonchev–Trinajstić information content (AvgIpc) is 2.64. The van der Waals surface area contributed by atoms with Crippen molar-refractivity contribution in [1.82, 2.24) is 9.78 Å². The number of amides is 1. The molecule has 1 heterocycles. The third kappa shape index (κ3) is 1.92. The van der Waals surface area contributed by atoms with Crippen LogP contribution in [0.15, 0.2) is 34.9 Å². The van der Waals surface area contributed by atoms with Crippen LogP contribution in [0.5, 0.6) is 0 Å². The molecule has 0 aliphatic heterocycles. The normalized spacial score (nSPS) is 10.3. The van der Waals surface area contributed by atoms with Gasteiger partial charge < -0.3 is 11.5 Å². The number of hydrogen-bond donors (Lipinski definition) is 2. The second-order valence-electron chi connectivity index (χ2n) is 3.21. The lowest BCUT2D eigenvalue weighted by Gasteiger charge is -2.06. The number of rotatable bonds is 2. The van der Waals surface area contributed by atoms with Crippen molar-refractivity contribution in [2.75, 3.05) is 5.73 Å². The Kier molecular flexibility index (Phi) is 2.66. The van der Waals surface area contributed by atoms with Crippen LogP contribution in [0.1, 0.15) is 10.4 Å². The molecule has 4 N–H and O–H groups in total. The Balaban J connectivity index is 2.60. The first-order valence-corrected chi connectivity index (χ1v) is 5.28. The highest BCUT2D eigenvalue weighted by Gasteiger charge is 2.11. The Morgan fingerprint density at radius 3 is 2.69 bits per heavy atom. The van der Waals surface area contributed by atoms with Crippen molar-refractivity contribution >= 4 is 27.7 Å². The molecule has 0 fully saturated rings. The first-order chi connectivity index (χ1) is 7.58. The molecular weight excluding hydrogens is 272 g/mol. The van der Waals surface area contributed by atoms with E-state index in [0.29, 0.717) is 17.1 Å². The fraction of sp³-hybridized carbons (Fsp3) is 0. The lowest BCUT2D eigenvalue weighted by atomic mass is 10.1. The largest absolute Gasteiger partial charge is 0.382 e. The van der Waals surface area contributed by atoms with Crippen molar-refractivity contribution in [3.8, 4) is 5.69 Å². The number of hydrogen-bond acceptors (Lipinski definition) is 3. The number of nitrogens with zero attached hydrogens (tertiary/aromatic N) is 2. The van der Waals surface area contributed by atoms with Crippen LogP contribution in [-0.4, -0.2) is 15.7 Å². The van der Waals surface area contributed by atoms with Crippen LogP contribution in [0.4, 0.5) is 5.82 Å². The number of nitrogens with two attached hydrogens (primary N) is 2. The first-order valence-electron chi connectivity index (χ1n) is 4.49. The SMILES string of the molecule is NC(=O)c1cc(Br)ccc1-n1ccc(N)n1. The van der Waals surface area contributed by atoms with Gasteiger partial charge in [-0.25, -0.2) is 4.68 Å². The average molecular weight is 281 g/mol. The lowest BCUT2D eigenvalue weighted by Crippen LogP contribution is -2.15. The highest BCUT2D eigenvalue weighted by molar-refractivity contribution is 9.10. The zero-order chi connectivity index (χ0) is 11.7. The number of carbonyl (C=O) groups excluding carboxylic acids is 1. The second-order valence-corrected chi connectivity index (χ2v) is 4.13. The van der Waals surface area contributed by atoms with Crippen LogP contribution in [0.3, 0.4) is 0 Å². The molecular formula is C10H9BrN4O. The molecule has 1 aromatic carbocycles. The molecule has 0 saturated carbocycles. The Morgan fingerprint density at radius 2 is 2.12 bits per heavy atom. The number of aromatic nitrogens is 2. The summed E-state index contributed by atoms with van der Waals surface area (Å²) in [5.74, 6) is -0.122. The summed E-state index contributed by atoms with van der Waals surface area (Å²) in [5, 5.41) is 4.03. The van der Waals surface area contributed by atoms with Crippen molar-refractivity contribution in [2.45, 2.75) is 0 Å². The molecule has 82 valence electrons. The second kappa shape index (κ2) is 3.97. The number of benzene rings is 1. The summed E-state index contributed by atoms with van der Waals surface area (Å²) in [6.45, 7) is 0. The fourth-order valence-corrected chi connectivity index (χ4v) is 1.74. The summed E-state index contributed by atoms with van der Waals surface area (Å²) in [5.41, 5.74) is 11.8. The molecule has 5 nitrogen and oxygen atoms in total. The van der Waals surface area contributed by atoms with E-state index in [0.717, 1.165) is 4.47 Å². The zero-order valence-electron chi connectivity index (χ0n) is 8.22. The van der Waals surface area contributed by atoms with Gasteiger partial charge in [0.1, 0.15) is 5.82 Å². The summed E-state index contributed by atoms with van der Waals surface area (Å²) < 4.78 is 2.30. The third-order valence-electron chi connectivity index (χ3n) is 2.08. The van der Waals surface area contributed by atoms with E-state index in [-0.39, 0.29) is 0 Å². The Labute approximate surface area is 100 Å². The molecule has 0 aliphatic rings. The van der Waals surface area contributed by atoms with Crippen molar-refractivity contribution in [3.05, 3.63) is 40.5 Å². The molecule has 0 saturated heterocycles. The van der Waals surface area contributed by atoms with E-state index in [1.54, 1.807) is 30.5 Å². The maximum absolute atomic E-state index is 11.3. The van der Waals surface area contributed by atoms with Gasteiger partial charge in [0.2, 0.25) is 0 Å². The van der Waals surface area contributed by atoms with Gasteiger partial charge >= 0.3 is 0 Å². The van der Waals surface area contributed by atoms with Crippen molar-refractivity contribution in [1.29, 1.82) is 0 Å². The highest BCUT2D eigenvalue weighted by Crippen LogP contribution is 2.19. The first kappa shape index (κ1) is 10.7. The molecule has 0 atom stereocenters. The number of nitrogen functional groups attached to an aromatic ring is 1. The van der Waals surface area contributed by atoms with E-state index in [2.05, 4.69) is 21.0 Å². The van der Waals surface area contributed by atoms with Crippen molar-refractivity contribution in [2.24, 2.45) is 5.73 Å². The summed E-state index contributed by atoms with van der Waals surface area (Å²) in [6.07, 6.45) is 1.67. The van der Waals surface area contributed by atoms with Crippen LogP contribution in [0, 0.1) is 0 Å². The van der Waals surface area contributed by atoms with Gasteiger partial charge in [0.05, 0.1) is 11.3 Å². The van der Waals surface area contributed by atoms with Crippen LogP contribution < -0.4 is 11.5 Å². The predicted molar refractivity (Wildman–Crippen MR) is 64.2 cm³/mol. The quantitative estimate of drug-likeness (QED) is 0.870. The van der Waals surface area contributed by atoms with E-state index in [9.17, 15) is 4.79 Å². The fourth-order valence-electron chi connectivity index (χ4n) is 1.38. The van der Waals surface area contributed by atoms with Gasteiger partial charge in [0.25, 0.3) is 5.91 Å². The predicted octanol–water partition coefficient (Wildman–Crippen LogP) is 1.32. The topological polar surface area (TPSA) is 86.9 Å². The number of halogens is 1. The van der Waals surface area contributed by atoms with Crippen LogP contribution in [0.2, 0.25) is 0 Å². The Bertz CT molecular complexity index is 550. The lowest BCUT2D eigenvalue weighted by molar-refractivity contribution is 0.1000. The minimum atomic E-state index is -0.509.